The molecule has 96 valence electrons. The summed E-state index contributed by atoms with van der Waals surface area (Å²) in [6.45, 7) is 0.824. The van der Waals surface area contributed by atoms with Crippen molar-refractivity contribution in [3.05, 3.63) is 28.8 Å². The van der Waals surface area contributed by atoms with Crippen LogP contribution in [0.5, 0.6) is 0 Å². The summed E-state index contributed by atoms with van der Waals surface area (Å²) in [5, 5.41) is 1.68. The van der Waals surface area contributed by atoms with E-state index >= 15 is 0 Å². The van der Waals surface area contributed by atoms with Crippen LogP contribution < -0.4 is 4.90 Å². The summed E-state index contributed by atoms with van der Waals surface area (Å²) in [6, 6.07) is 5.75. The Morgan fingerprint density at radius 3 is 2.78 bits per heavy atom. The van der Waals surface area contributed by atoms with Crippen molar-refractivity contribution in [1.29, 1.82) is 0 Å². The van der Waals surface area contributed by atoms with E-state index in [4.69, 9.17) is 11.6 Å². The number of hydrogen-bond acceptors (Lipinski definition) is 1. The van der Waals surface area contributed by atoms with Crippen molar-refractivity contribution in [3.63, 3.8) is 0 Å². The molecule has 1 aliphatic heterocycles. The van der Waals surface area contributed by atoms with Crippen molar-refractivity contribution in [1.82, 2.24) is 0 Å². The van der Waals surface area contributed by atoms with Crippen LogP contribution in [-0.4, -0.2) is 17.8 Å². The lowest BCUT2D eigenvalue weighted by atomic mass is 9.70. The first-order valence-corrected chi connectivity index (χ1v) is 7.78. The van der Waals surface area contributed by atoms with E-state index in [9.17, 15) is 4.79 Å². The van der Waals surface area contributed by atoms with Crippen LogP contribution >= 0.6 is 27.5 Å². The number of alkyl halides is 1. The molecule has 0 atom stereocenters. The number of anilines is 1. The van der Waals surface area contributed by atoms with Gasteiger partial charge in [0.15, 0.2) is 0 Å². The second-order valence-corrected chi connectivity index (χ2v) is 6.41. The minimum Gasteiger partial charge on any atom is -0.311 e. The third kappa shape index (κ3) is 1.97. The van der Waals surface area contributed by atoms with Crippen LogP contribution in [0.1, 0.15) is 24.8 Å². The highest BCUT2D eigenvalue weighted by Gasteiger charge is 2.41. The van der Waals surface area contributed by atoms with Crippen molar-refractivity contribution in [2.75, 3.05) is 16.8 Å². The molecular formula is C14H15BrClNO. The Morgan fingerprint density at radius 1 is 1.39 bits per heavy atom. The van der Waals surface area contributed by atoms with Crippen LogP contribution in [0.15, 0.2) is 18.2 Å². The standard InChI is InChI=1S/C14H15BrClNO/c15-8-14(4-1-5-14)9-17-12-7-11(16)3-2-10(12)6-13(17)18/h2-3,7H,1,4-6,8-9H2. The summed E-state index contributed by atoms with van der Waals surface area (Å²) in [4.78, 5) is 14.1. The Kier molecular flexibility index (Phi) is 3.15. The highest BCUT2D eigenvalue weighted by Crippen LogP contribution is 2.45. The van der Waals surface area contributed by atoms with E-state index in [0.29, 0.717) is 11.4 Å². The zero-order valence-electron chi connectivity index (χ0n) is 10.1. The molecule has 1 aliphatic carbocycles. The number of rotatable bonds is 3. The zero-order chi connectivity index (χ0) is 12.8. The minimum absolute atomic E-state index is 0.208. The number of halogens is 2. The smallest absolute Gasteiger partial charge is 0.231 e. The number of nitrogens with zero attached hydrogens (tertiary/aromatic N) is 1. The molecule has 1 aromatic rings. The fourth-order valence-electron chi connectivity index (χ4n) is 2.85. The van der Waals surface area contributed by atoms with Gasteiger partial charge < -0.3 is 4.90 Å². The average molecular weight is 329 g/mol. The minimum atomic E-state index is 0.208. The second-order valence-electron chi connectivity index (χ2n) is 5.42. The first-order chi connectivity index (χ1) is 8.63. The van der Waals surface area contributed by atoms with Crippen LogP contribution in [0.25, 0.3) is 0 Å². The normalized spacial score (nSPS) is 20.8. The zero-order valence-corrected chi connectivity index (χ0v) is 12.4. The van der Waals surface area contributed by atoms with Crippen molar-refractivity contribution in [3.8, 4) is 0 Å². The molecule has 2 aliphatic rings. The molecule has 4 heteroatoms. The average Bonchev–Trinajstić information content (AvgIpc) is 2.60. The first-order valence-electron chi connectivity index (χ1n) is 6.28. The summed E-state index contributed by atoms with van der Waals surface area (Å²) in [5.74, 6) is 0.208. The molecule has 0 radical (unpaired) electrons. The van der Waals surface area contributed by atoms with Gasteiger partial charge in [-0.15, -0.1) is 0 Å². The van der Waals surface area contributed by atoms with Gasteiger partial charge >= 0.3 is 0 Å². The van der Waals surface area contributed by atoms with E-state index in [1.807, 2.05) is 23.1 Å². The molecular weight excluding hydrogens is 314 g/mol. The Labute approximate surface area is 120 Å². The van der Waals surface area contributed by atoms with E-state index in [1.165, 1.54) is 19.3 Å². The van der Waals surface area contributed by atoms with E-state index < -0.39 is 0 Å². The lowest BCUT2D eigenvalue weighted by Gasteiger charge is -2.43. The topological polar surface area (TPSA) is 20.3 Å². The van der Waals surface area contributed by atoms with E-state index in [2.05, 4.69) is 15.9 Å². The van der Waals surface area contributed by atoms with Crippen LogP contribution in [0.3, 0.4) is 0 Å². The lowest BCUT2D eigenvalue weighted by molar-refractivity contribution is -0.117. The molecule has 1 amide bonds. The summed E-state index contributed by atoms with van der Waals surface area (Å²) in [5.41, 5.74) is 2.40. The van der Waals surface area contributed by atoms with Gasteiger partial charge in [-0.3, -0.25) is 4.79 Å². The van der Waals surface area contributed by atoms with E-state index in [1.54, 1.807) is 0 Å². The Morgan fingerprint density at radius 2 is 2.17 bits per heavy atom. The fraction of sp³-hybridized carbons (Fsp3) is 0.500. The molecule has 0 spiro atoms. The summed E-state index contributed by atoms with van der Waals surface area (Å²) in [7, 11) is 0. The fourth-order valence-corrected chi connectivity index (χ4v) is 3.75. The van der Waals surface area contributed by atoms with Crippen LogP contribution in [0.2, 0.25) is 5.02 Å². The maximum absolute atomic E-state index is 12.1. The number of hydrogen-bond donors (Lipinski definition) is 0. The van der Waals surface area contributed by atoms with Gasteiger partial charge in [0.1, 0.15) is 0 Å². The van der Waals surface area contributed by atoms with Crippen LogP contribution in [0, 0.1) is 5.41 Å². The third-order valence-electron chi connectivity index (χ3n) is 4.17. The molecule has 1 saturated carbocycles. The van der Waals surface area contributed by atoms with Gasteiger partial charge in [0.25, 0.3) is 0 Å². The summed E-state index contributed by atoms with van der Waals surface area (Å²) >= 11 is 9.64. The van der Waals surface area contributed by atoms with Crippen molar-refractivity contribution < 1.29 is 4.79 Å². The molecule has 3 rings (SSSR count). The second kappa shape index (κ2) is 4.53. The van der Waals surface area contributed by atoms with Gasteiger partial charge in [0.05, 0.1) is 6.42 Å². The van der Waals surface area contributed by atoms with Gasteiger partial charge in [0.2, 0.25) is 5.91 Å². The Bertz CT molecular complexity index is 493. The molecule has 0 aromatic heterocycles. The molecule has 2 nitrogen and oxygen atoms in total. The molecule has 1 fully saturated rings. The Hall–Kier alpha value is -0.540. The quantitative estimate of drug-likeness (QED) is 0.773. The highest BCUT2D eigenvalue weighted by molar-refractivity contribution is 9.09. The summed E-state index contributed by atoms with van der Waals surface area (Å²) in [6.07, 6.45) is 4.21. The summed E-state index contributed by atoms with van der Waals surface area (Å²) < 4.78 is 0. The van der Waals surface area contributed by atoms with Crippen molar-refractivity contribution >= 4 is 39.1 Å². The SMILES string of the molecule is O=C1Cc2ccc(Cl)cc2N1CC1(CBr)CCC1. The van der Waals surface area contributed by atoms with E-state index in [-0.39, 0.29) is 11.3 Å². The highest BCUT2D eigenvalue weighted by atomic mass is 79.9. The van der Waals surface area contributed by atoms with Gasteiger partial charge in [-0.25, -0.2) is 0 Å². The molecule has 0 saturated heterocycles. The number of amides is 1. The molecule has 1 heterocycles. The predicted molar refractivity (Wildman–Crippen MR) is 77.6 cm³/mol. The Balaban J connectivity index is 1.89. The molecule has 1 aromatic carbocycles. The van der Waals surface area contributed by atoms with Crippen molar-refractivity contribution in [2.24, 2.45) is 5.41 Å². The van der Waals surface area contributed by atoms with Gasteiger partial charge in [-0.1, -0.05) is 40.0 Å². The third-order valence-corrected chi connectivity index (χ3v) is 5.60. The monoisotopic (exact) mass is 327 g/mol. The van der Waals surface area contributed by atoms with E-state index in [0.717, 1.165) is 23.1 Å². The van der Waals surface area contributed by atoms with Crippen LogP contribution in [-0.2, 0) is 11.2 Å². The molecule has 0 N–H and O–H groups in total. The molecule has 0 unspecified atom stereocenters. The van der Waals surface area contributed by atoms with Gasteiger partial charge in [-0.05, 0) is 36.0 Å². The molecule has 0 bridgehead atoms. The van der Waals surface area contributed by atoms with Crippen molar-refractivity contribution in [2.45, 2.75) is 25.7 Å². The molecule has 18 heavy (non-hydrogen) atoms. The maximum Gasteiger partial charge on any atom is 0.231 e. The number of carbonyl (C=O) groups is 1. The lowest BCUT2D eigenvalue weighted by Crippen LogP contribution is -2.44. The number of fused-ring (bicyclic) bond motifs is 1. The predicted octanol–water partition coefficient (Wildman–Crippen LogP) is 3.79. The van der Waals surface area contributed by atoms with Gasteiger partial charge in [-0.2, -0.15) is 0 Å². The number of carbonyl (C=O) groups excluding carboxylic acids is 1. The number of benzene rings is 1. The maximum atomic E-state index is 12.1. The first kappa shape index (κ1) is 12.5. The largest absolute Gasteiger partial charge is 0.311 e. The van der Waals surface area contributed by atoms with Crippen LogP contribution in [0.4, 0.5) is 5.69 Å². The van der Waals surface area contributed by atoms with Gasteiger partial charge in [0, 0.05) is 22.6 Å².